The van der Waals surface area contributed by atoms with Crippen LogP contribution in [0.4, 0.5) is 5.82 Å². The molecule has 0 saturated carbocycles. The lowest BCUT2D eigenvalue weighted by Gasteiger charge is -2.18. The van der Waals surface area contributed by atoms with E-state index in [1.807, 2.05) is 32.2 Å². The number of pyridine rings is 1. The lowest BCUT2D eigenvalue weighted by Crippen LogP contribution is -2.25. The smallest absolute Gasteiger partial charge is 0.132 e. The molecule has 1 unspecified atom stereocenters. The number of aromatic nitrogens is 3. The van der Waals surface area contributed by atoms with Crippen molar-refractivity contribution in [3.05, 3.63) is 42.1 Å². The summed E-state index contributed by atoms with van der Waals surface area (Å²) in [6.45, 7) is 5.75. The highest BCUT2D eigenvalue weighted by Crippen LogP contribution is 2.23. The summed E-state index contributed by atoms with van der Waals surface area (Å²) >= 11 is 0. The monoisotopic (exact) mass is 270 g/mol. The zero-order valence-electron chi connectivity index (χ0n) is 11.8. The van der Waals surface area contributed by atoms with Crippen LogP contribution in [-0.4, -0.2) is 34.1 Å². The van der Waals surface area contributed by atoms with Gasteiger partial charge >= 0.3 is 0 Å². The molecule has 104 valence electrons. The van der Waals surface area contributed by atoms with Gasteiger partial charge in [0, 0.05) is 37.1 Å². The van der Waals surface area contributed by atoms with Gasteiger partial charge in [-0.1, -0.05) is 0 Å². The highest BCUT2D eigenvalue weighted by molar-refractivity contribution is 5.39. The second-order valence-electron chi connectivity index (χ2n) is 5.08. The molecular formula is C15H18N4O. The zero-order valence-corrected chi connectivity index (χ0v) is 11.8. The van der Waals surface area contributed by atoms with Crippen molar-refractivity contribution in [3.63, 3.8) is 0 Å². The van der Waals surface area contributed by atoms with E-state index in [2.05, 4.69) is 19.9 Å². The molecule has 1 fully saturated rings. The molecule has 3 heterocycles. The summed E-state index contributed by atoms with van der Waals surface area (Å²) in [6, 6.07) is 3.87. The van der Waals surface area contributed by atoms with E-state index in [9.17, 15) is 0 Å². The molecular weight excluding hydrogens is 252 g/mol. The Morgan fingerprint density at radius 2 is 2.15 bits per heavy atom. The van der Waals surface area contributed by atoms with Crippen molar-refractivity contribution >= 4 is 5.82 Å². The summed E-state index contributed by atoms with van der Waals surface area (Å²) in [4.78, 5) is 14.9. The minimum absolute atomic E-state index is 0.200. The van der Waals surface area contributed by atoms with Crippen molar-refractivity contribution in [1.82, 2.24) is 15.0 Å². The summed E-state index contributed by atoms with van der Waals surface area (Å²) in [6.07, 6.45) is 6.61. The molecule has 0 N–H and O–H groups in total. The molecule has 0 amide bonds. The van der Waals surface area contributed by atoms with Crippen molar-refractivity contribution in [1.29, 1.82) is 0 Å². The van der Waals surface area contributed by atoms with Crippen LogP contribution in [0.2, 0.25) is 0 Å². The van der Waals surface area contributed by atoms with E-state index in [0.29, 0.717) is 0 Å². The van der Waals surface area contributed by atoms with Gasteiger partial charge in [0.25, 0.3) is 0 Å². The molecule has 1 atom stereocenters. The van der Waals surface area contributed by atoms with Crippen LogP contribution in [0.15, 0.2) is 30.7 Å². The van der Waals surface area contributed by atoms with Gasteiger partial charge in [-0.25, -0.2) is 9.97 Å². The normalized spacial score (nSPS) is 18.3. The van der Waals surface area contributed by atoms with Crippen molar-refractivity contribution in [2.75, 3.05) is 18.0 Å². The van der Waals surface area contributed by atoms with E-state index in [1.54, 1.807) is 12.4 Å². The van der Waals surface area contributed by atoms with Crippen molar-refractivity contribution in [2.45, 2.75) is 26.4 Å². The Morgan fingerprint density at radius 3 is 2.95 bits per heavy atom. The van der Waals surface area contributed by atoms with Gasteiger partial charge in [-0.05, 0) is 26.0 Å². The van der Waals surface area contributed by atoms with Gasteiger partial charge in [0.05, 0.1) is 6.54 Å². The lowest BCUT2D eigenvalue weighted by atomic mass is 10.2. The quantitative estimate of drug-likeness (QED) is 0.855. The molecule has 2 aromatic rings. The van der Waals surface area contributed by atoms with Crippen LogP contribution in [0.5, 0.6) is 5.75 Å². The SMILES string of the molecule is Cc1nccc(N2CCC(Oc3ccncc3C)C2)n1. The number of aryl methyl sites for hydroxylation is 2. The van der Waals surface area contributed by atoms with E-state index in [1.165, 1.54) is 0 Å². The Bertz CT molecular complexity index is 602. The standard InChI is InChI=1S/C15H18N4O/c1-11-9-16-6-3-14(11)20-13-5-8-19(10-13)15-4-7-17-12(2)18-15/h3-4,6-7,9,13H,5,8,10H2,1-2H3. The zero-order chi connectivity index (χ0) is 13.9. The van der Waals surface area contributed by atoms with Gasteiger partial charge in [-0.2, -0.15) is 0 Å². The van der Waals surface area contributed by atoms with Gasteiger partial charge in [-0.15, -0.1) is 0 Å². The van der Waals surface area contributed by atoms with Crippen molar-refractivity contribution in [3.8, 4) is 5.75 Å². The van der Waals surface area contributed by atoms with Gasteiger partial charge in [0.1, 0.15) is 23.5 Å². The molecule has 0 aliphatic carbocycles. The fraction of sp³-hybridized carbons (Fsp3) is 0.400. The second kappa shape index (κ2) is 5.45. The van der Waals surface area contributed by atoms with Crippen molar-refractivity contribution in [2.24, 2.45) is 0 Å². The van der Waals surface area contributed by atoms with Crippen LogP contribution >= 0.6 is 0 Å². The topological polar surface area (TPSA) is 51.1 Å². The summed E-state index contributed by atoms with van der Waals surface area (Å²) in [5.41, 5.74) is 1.07. The summed E-state index contributed by atoms with van der Waals surface area (Å²) < 4.78 is 6.06. The Balaban J connectivity index is 1.67. The molecule has 2 aromatic heterocycles. The second-order valence-corrected chi connectivity index (χ2v) is 5.08. The van der Waals surface area contributed by atoms with Crippen LogP contribution in [0, 0.1) is 13.8 Å². The number of hydrogen-bond acceptors (Lipinski definition) is 5. The van der Waals surface area contributed by atoms with Gasteiger partial charge < -0.3 is 9.64 Å². The third-order valence-corrected chi connectivity index (χ3v) is 3.49. The first-order chi connectivity index (χ1) is 9.72. The predicted octanol–water partition coefficient (Wildman–Crippen LogP) is 2.15. The maximum Gasteiger partial charge on any atom is 0.132 e. The van der Waals surface area contributed by atoms with Crippen LogP contribution in [0.3, 0.4) is 0 Å². The first-order valence-corrected chi connectivity index (χ1v) is 6.84. The molecule has 0 bridgehead atoms. The van der Waals surface area contributed by atoms with Gasteiger partial charge in [0.2, 0.25) is 0 Å². The van der Waals surface area contributed by atoms with E-state index >= 15 is 0 Å². The predicted molar refractivity (Wildman–Crippen MR) is 77.0 cm³/mol. The summed E-state index contributed by atoms with van der Waals surface area (Å²) in [5.74, 6) is 2.71. The average Bonchev–Trinajstić information content (AvgIpc) is 2.90. The van der Waals surface area contributed by atoms with E-state index in [4.69, 9.17) is 4.74 Å². The number of anilines is 1. The largest absolute Gasteiger partial charge is 0.488 e. The molecule has 0 aromatic carbocycles. The number of hydrogen-bond donors (Lipinski definition) is 0. The molecule has 5 nitrogen and oxygen atoms in total. The van der Waals surface area contributed by atoms with Gasteiger partial charge in [0.15, 0.2) is 0 Å². The number of nitrogens with zero attached hydrogens (tertiary/aromatic N) is 4. The van der Waals surface area contributed by atoms with Crippen LogP contribution in [0.1, 0.15) is 17.8 Å². The summed E-state index contributed by atoms with van der Waals surface area (Å²) in [5, 5.41) is 0. The molecule has 3 rings (SSSR count). The number of ether oxygens (including phenoxy) is 1. The van der Waals surface area contributed by atoms with Crippen LogP contribution in [0.25, 0.3) is 0 Å². The molecule has 5 heteroatoms. The minimum Gasteiger partial charge on any atom is -0.488 e. The highest BCUT2D eigenvalue weighted by atomic mass is 16.5. The fourth-order valence-electron chi connectivity index (χ4n) is 2.42. The first-order valence-electron chi connectivity index (χ1n) is 6.84. The summed E-state index contributed by atoms with van der Waals surface area (Å²) in [7, 11) is 0. The van der Waals surface area contributed by atoms with Crippen LogP contribution < -0.4 is 9.64 Å². The van der Waals surface area contributed by atoms with E-state index < -0.39 is 0 Å². The average molecular weight is 270 g/mol. The van der Waals surface area contributed by atoms with E-state index in [-0.39, 0.29) is 6.10 Å². The maximum atomic E-state index is 6.06. The molecule has 20 heavy (non-hydrogen) atoms. The number of rotatable bonds is 3. The molecule has 0 radical (unpaired) electrons. The lowest BCUT2D eigenvalue weighted by molar-refractivity contribution is 0.223. The molecule has 0 spiro atoms. The Kier molecular flexibility index (Phi) is 3.50. The van der Waals surface area contributed by atoms with Gasteiger partial charge in [-0.3, -0.25) is 4.98 Å². The molecule has 1 saturated heterocycles. The minimum atomic E-state index is 0.200. The molecule has 1 aliphatic rings. The first kappa shape index (κ1) is 12.8. The van der Waals surface area contributed by atoms with Crippen molar-refractivity contribution < 1.29 is 4.74 Å². The fourth-order valence-corrected chi connectivity index (χ4v) is 2.42. The van der Waals surface area contributed by atoms with Crippen LogP contribution in [-0.2, 0) is 0 Å². The Morgan fingerprint density at radius 1 is 1.25 bits per heavy atom. The maximum absolute atomic E-state index is 6.06. The highest BCUT2D eigenvalue weighted by Gasteiger charge is 2.25. The Hall–Kier alpha value is -2.17. The third kappa shape index (κ3) is 2.71. The van der Waals surface area contributed by atoms with E-state index in [0.717, 1.165) is 42.5 Å². The Labute approximate surface area is 118 Å². The molecule has 1 aliphatic heterocycles. The third-order valence-electron chi connectivity index (χ3n) is 3.49.